The molecule has 0 bridgehead atoms. The molecule has 1 saturated heterocycles. The lowest BCUT2D eigenvalue weighted by molar-refractivity contribution is -0.134. The Morgan fingerprint density at radius 2 is 2.11 bits per heavy atom. The van der Waals surface area contributed by atoms with Gasteiger partial charge in [0.25, 0.3) is 5.91 Å². The number of amides is 4. The lowest BCUT2D eigenvalue weighted by atomic mass is 10.1. The van der Waals surface area contributed by atoms with Crippen molar-refractivity contribution >= 4 is 17.8 Å². The Bertz CT molecular complexity index is 388. The lowest BCUT2D eigenvalue weighted by Crippen LogP contribution is -2.43. The van der Waals surface area contributed by atoms with Gasteiger partial charge in [-0.3, -0.25) is 14.5 Å². The summed E-state index contributed by atoms with van der Waals surface area (Å²) >= 11 is 0. The molecule has 6 heteroatoms. The van der Waals surface area contributed by atoms with E-state index >= 15 is 0 Å². The summed E-state index contributed by atoms with van der Waals surface area (Å²) in [5.41, 5.74) is -0.928. The summed E-state index contributed by atoms with van der Waals surface area (Å²) in [5.74, 6) is -0.711. The van der Waals surface area contributed by atoms with Gasteiger partial charge in [0.05, 0.1) is 0 Å². The van der Waals surface area contributed by atoms with E-state index in [0.717, 1.165) is 11.3 Å². The topological polar surface area (TPSA) is 78.5 Å². The standard InChI is InChI=1S/C12H19N3O3/c1-4-5-6-7-13-9(16)8-15-10(17)12(2,3)14-11(15)18/h4-5H,6-8H2,1-3H3,(H,13,16)(H,14,18)/b5-4+. The minimum atomic E-state index is -0.928. The van der Waals surface area contributed by atoms with Crippen molar-refractivity contribution in [3.63, 3.8) is 0 Å². The van der Waals surface area contributed by atoms with Gasteiger partial charge in [-0.1, -0.05) is 12.2 Å². The third-order valence-electron chi connectivity index (χ3n) is 2.61. The average Bonchev–Trinajstić information content (AvgIpc) is 2.47. The van der Waals surface area contributed by atoms with Crippen LogP contribution in [0.15, 0.2) is 12.2 Å². The van der Waals surface area contributed by atoms with Crippen LogP contribution in [0.25, 0.3) is 0 Å². The molecule has 6 nitrogen and oxygen atoms in total. The van der Waals surface area contributed by atoms with E-state index in [4.69, 9.17) is 0 Å². The van der Waals surface area contributed by atoms with Crippen LogP contribution < -0.4 is 10.6 Å². The van der Waals surface area contributed by atoms with Crippen LogP contribution in [-0.4, -0.2) is 41.4 Å². The fraction of sp³-hybridized carbons (Fsp3) is 0.583. The molecule has 0 unspecified atom stereocenters. The second-order valence-corrected chi connectivity index (χ2v) is 4.65. The second kappa shape index (κ2) is 5.66. The molecule has 0 aromatic rings. The number of rotatable bonds is 5. The molecule has 2 N–H and O–H groups in total. The Morgan fingerprint density at radius 1 is 1.44 bits per heavy atom. The van der Waals surface area contributed by atoms with Crippen molar-refractivity contribution in [2.45, 2.75) is 32.7 Å². The molecular formula is C12H19N3O3. The summed E-state index contributed by atoms with van der Waals surface area (Å²) in [5, 5.41) is 5.17. The minimum absolute atomic E-state index is 0.232. The van der Waals surface area contributed by atoms with Crippen LogP contribution in [0.1, 0.15) is 27.2 Å². The van der Waals surface area contributed by atoms with Crippen LogP contribution in [0.4, 0.5) is 4.79 Å². The fourth-order valence-electron chi connectivity index (χ4n) is 1.62. The first-order valence-corrected chi connectivity index (χ1v) is 5.90. The van der Waals surface area contributed by atoms with Crippen molar-refractivity contribution in [3.8, 4) is 0 Å². The van der Waals surface area contributed by atoms with E-state index in [9.17, 15) is 14.4 Å². The van der Waals surface area contributed by atoms with Crippen molar-refractivity contribution in [3.05, 3.63) is 12.2 Å². The van der Waals surface area contributed by atoms with Crippen LogP contribution in [0.5, 0.6) is 0 Å². The zero-order valence-electron chi connectivity index (χ0n) is 10.9. The number of hydrogen-bond donors (Lipinski definition) is 2. The number of hydrogen-bond acceptors (Lipinski definition) is 3. The third kappa shape index (κ3) is 3.32. The maximum Gasteiger partial charge on any atom is 0.325 e. The van der Waals surface area contributed by atoms with E-state index in [0.29, 0.717) is 6.54 Å². The normalized spacial score (nSPS) is 18.3. The number of urea groups is 1. The molecule has 18 heavy (non-hydrogen) atoms. The summed E-state index contributed by atoms with van der Waals surface area (Å²) < 4.78 is 0. The van der Waals surface area contributed by atoms with Crippen LogP contribution in [0, 0.1) is 0 Å². The highest BCUT2D eigenvalue weighted by molar-refractivity contribution is 6.08. The van der Waals surface area contributed by atoms with Crippen LogP contribution in [-0.2, 0) is 9.59 Å². The highest BCUT2D eigenvalue weighted by Gasteiger charge is 2.44. The first-order chi connectivity index (χ1) is 8.38. The number of allylic oxidation sites excluding steroid dienone is 1. The van der Waals surface area contributed by atoms with E-state index in [-0.39, 0.29) is 18.4 Å². The van der Waals surface area contributed by atoms with Crippen molar-refractivity contribution in [2.75, 3.05) is 13.1 Å². The van der Waals surface area contributed by atoms with Crippen LogP contribution in [0.3, 0.4) is 0 Å². The van der Waals surface area contributed by atoms with Crippen molar-refractivity contribution < 1.29 is 14.4 Å². The Labute approximate surface area is 106 Å². The van der Waals surface area contributed by atoms with Crippen LogP contribution in [0.2, 0.25) is 0 Å². The molecule has 0 spiro atoms. The Hall–Kier alpha value is -1.85. The first-order valence-electron chi connectivity index (χ1n) is 5.90. The minimum Gasteiger partial charge on any atom is -0.354 e. The molecule has 1 rings (SSSR count). The second-order valence-electron chi connectivity index (χ2n) is 4.65. The lowest BCUT2D eigenvalue weighted by Gasteiger charge is -2.15. The predicted molar refractivity (Wildman–Crippen MR) is 66.8 cm³/mol. The summed E-state index contributed by atoms with van der Waals surface area (Å²) in [6.07, 6.45) is 4.55. The van der Waals surface area contributed by atoms with Gasteiger partial charge in [-0.05, 0) is 27.2 Å². The van der Waals surface area contributed by atoms with Crippen molar-refractivity contribution in [1.29, 1.82) is 0 Å². The summed E-state index contributed by atoms with van der Waals surface area (Å²) in [4.78, 5) is 35.8. The van der Waals surface area contributed by atoms with Gasteiger partial charge in [0.15, 0.2) is 0 Å². The van der Waals surface area contributed by atoms with Gasteiger partial charge in [0, 0.05) is 6.54 Å². The van der Waals surface area contributed by atoms with E-state index in [1.807, 2.05) is 19.1 Å². The number of nitrogens with one attached hydrogen (secondary N) is 2. The summed E-state index contributed by atoms with van der Waals surface area (Å²) in [7, 11) is 0. The van der Waals surface area contributed by atoms with Gasteiger partial charge < -0.3 is 10.6 Å². The smallest absolute Gasteiger partial charge is 0.325 e. The van der Waals surface area contributed by atoms with E-state index < -0.39 is 11.6 Å². The quantitative estimate of drug-likeness (QED) is 0.423. The number of nitrogens with zero attached hydrogens (tertiary/aromatic N) is 1. The zero-order chi connectivity index (χ0) is 13.8. The zero-order valence-corrected chi connectivity index (χ0v) is 10.9. The van der Waals surface area contributed by atoms with Gasteiger partial charge in [-0.25, -0.2) is 4.79 Å². The van der Waals surface area contributed by atoms with Gasteiger partial charge in [-0.2, -0.15) is 0 Å². The molecule has 0 aromatic heterocycles. The van der Waals surface area contributed by atoms with Gasteiger partial charge in [0.2, 0.25) is 5.91 Å². The molecule has 0 aromatic carbocycles. The van der Waals surface area contributed by atoms with Crippen molar-refractivity contribution in [2.24, 2.45) is 0 Å². The van der Waals surface area contributed by atoms with Gasteiger partial charge >= 0.3 is 6.03 Å². The summed E-state index contributed by atoms with van der Waals surface area (Å²) in [6.45, 7) is 5.38. The molecule has 4 amide bonds. The molecule has 0 aliphatic carbocycles. The maximum atomic E-state index is 11.8. The number of imide groups is 1. The molecular weight excluding hydrogens is 234 g/mol. The van der Waals surface area contributed by atoms with Gasteiger partial charge in [0.1, 0.15) is 12.1 Å². The molecule has 0 radical (unpaired) electrons. The highest BCUT2D eigenvalue weighted by atomic mass is 16.2. The molecule has 0 saturated carbocycles. The largest absolute Gasteiger partial charge is 0.354 e. The molecule has 1 aliphatic heterocycles. The van der Waals surface area contributed by atoms with E-state index in [2.05, 4.69) is 10.6 Å². The molecule has 0 atom stereocenters. The van der Waals surface area contributed by atoms with Crippen LogP contribution >= 0.6 is 0 Å². The molecule has 1 heterocycles. The predicted octanol–water partition coefficient (Wildman–Crippen LogP) is 0.399. The average molecular weight is 253 g/mol. The Balaban J connectivity index is 2.45. The van der Waals surface area contributed by atoms with Gasteiger partial charge in [-0.15, -0.1) is 0 Å². The Kier molecular flexibility index (Phi) is 4.47. The fourth-order valence-corrected chi connectivity index (χ4v) is 1.62. The Morgan fingerprint density at radius 3 is 2.61 bits per heavy atom. The SMILES string of the molecule is C/C=C/CCNC(=O)CN1C(=O)NC(C)(C)C1=O. The third-order valence-corrected chi connectivity index (χ3v) is 2.61. The molecule has 1 aliphatic rings. The van der Waals surface area contributed by atoms with E-state index in [1.54, 1.807) is 13.8 Å². The monoisotopic (exact) mass is 253 g/mol. The number of carbonyl (C=O) groups is 3. The first kappa shape index (κ1) is 14.2. The highest BCUT2D eigenvalue weighted by Crippen LogP contribution is 2.15. The maximum absolute atomic E-state index is 11.8. The molecule has 1 fully saturated rings. The summed E-state index contributed by atoms with van der Waals surface area (Å²) in [6, 6.07) is -0.520. The molecule has 100 valence electrons. The van der Waals surface area contributed by atoms with E-state index in [1.165, 1.54) is 0 Å². The van der Waals surface area contributed by atoms with Crippen molar-refractivity contribution in [1.82, 2.24) is 15.5 Å². The number of carbonyl (C=O) groups excluding carboxylic acids is 3.